The van der Waals surface area contributed by atoms with E-state index in [1.165, 1.54) is 11.8 Å². The monoisotopic (exact) mass is 487 g/mol. The van der Waals surface area contributed by atoms with Gasteiger partial charge in [0.05, 0.1) is 11.6 Å². The summed E-state index contributed by atoms with van der Waals surface area (Å²) in [5.74, 6) is 0.503. The highest BCUT2D eigenvalue weighted by Gasteiger charge is 2.40. The van der Waals surface area contributed by atoms with Crippen LogP contribution in [0.1, 0.15) is 31.2 Å². The first-order chi connectivity index (χ1) is 14.5. The second kappa shape index (κ2) is 9.35. The Morgan fingerprint density at radius 1 is 1.33 bits per heavy atom. The summed E-state index contributed by atoms with van der Waals surface area (Å²) in [4.78, 5) is 26.6. The number of ether oxygens (including phenoxy) is 1. The summed E-state index contributed by atoms with van der Waals surface area (Å²) < 4.78 is 7.73. The first-order valence-electron chi connectivity index (χ1n) is 10.1. The number of methoxy groups -OCH3 is 1. The van der Waals surface area contributed by atoms with Gasteiger partial charge in [0.2, 0.25) is 12.3 Å². The van der Waals surface area contributed by atoms with Gasteiger partial charge in [-0.2, -0.15) is 0 Å². The Bertz CT molecular complexity index is 990. The minimum absolute atomic E-state index is 0.0138. The molecule has 5 nitrogen and oxygen atoms in total. The molecule has 1 atom stereocenters. The SMILES string of the molecule is COc1ccc(/C=C2/SC3C=CC=CC3=[N+](CC(=O)NC3CCCC3)C2=O)cc1Br. The molecule has 156 valence electrons. The van der Waals surface area contributed by atoms with Crippen LogP contribution in [-0.2, 0) is 9.59 Å². The molecule has 3 aliphatic rings. The predicted octanol–water partition coefficient (Wildman–Crippen LogP) is 4.08. The highest BCUT2D eigenvalue weighted by molar-refractivity contribution is 9.10. The van der Waals surface area contributed by atoms with E-state index < -0.39 is 0 Å². The fraction of sp³-hybridized carbons (Fsp3) is 0.348. The van der Waals surface area contributed by atoms with E-state index in [9.17, 15) is 9.59 Å². The maximum Gasteiger partial charge on any atom is 0.426 e. The van der Waals surface area contributed by atoms with Crippen LogP contribution < -0.4 is 10.1 Å². The number of nitrogens with one attached hydrogen (secondary N) is 1. The molecule has 1 N–H and O–H groups in total. The third-order valence-electron chi connectivity index (χ3n) is 5.47. The molecule has 4 rings (SSSR count). The maximum atomic E-state index is 13.3. The lowest BCUT2D eigenvalue weighted by Gasteiger charge is -2.21. The molecule has 2 amide bonds. The number of hydrogen-bond donors (Lipinski definition) is 1. The quantitative estimate of drug-likeness (QED) is 0.502. The van der Waals surface area contributed by atoms with Crippen molar-refractivity contribution in [2.24, 2.45) is 0 Å². The number of halogens is 1. The fourth-order valence-electron chi connectivity index (χ4n) is 3.96. The highest BCUT2D eigenvalue weighted by atomic mass is 79.9. The van der Waals surface area contributed by atoms with Crippen LogP contribution in [0.15, 0.2) is 51.9 Å². The Balaban J connectivity index is 1.60. The van der Waals surface area contributed by atoms with Crippen molar-refractivity contribution < 1.29 is 18.9 Å². The van der Waals surface area contributed by atoms with Gasteiger partial charge in [0.15, 0.2) is 0 Å². The molecule has 1 aliphatic heterocycles. The van der Waals surface area contributed by atoms with Gasteiger partial charge in [-0.3, -0.25) is 4.79 Å². The number of carbonyl (C=O) groups excluding carboxylic acids is 2. The van der Waals surface area contributed by atoms with Gasteiger partial charge in [-0.25, -0.2) is 4.79 Å². The van der Waals surface area contributed by atoms with Crippen molar-refractivity contribution in [3.05, 3.63) is 57.4 Å². The molecular formula is C23H24BrN2O3S+. The van der Waals surface area contributed by atoms with Crippen LogP contribution in [0, 0.1) is 0 Å². The zero-order valence-electron chi connectivity index (χ0n) is 16.8. The van der Waals surface area contributed by atoms with Crippen molar-refractivity contribution in [3.63, 3.8) is 0 Å². The van der Waals surface area contributed by atoms with Crippen LogP contribution in [-0.4, -0.2) is 47.0 Å². The normalized spacial score (nSPS) is 22.5. The van der Waals surface area contributed by atoms with Crippen molar-refractivity contribution in [1.29, 1.82) is 0 Å². The average molecular weight is 488 g/mol. The molecule has 7 heteroatoms. The topological polar surface area (TPSA) is 58.4 Å². The van der Waals surface area contributed by atoms with E-state index in [0.29, 0.717) is 4.91 Å². The third kappa shape index (κ3) is 4.62. The fourth-order valence-corrected chi connectivity index (χ4v) is 5.71. The molecule has 0 aromatic heterocycles. The molecule has 1 heterocycles. The first kappa shape index (κ1) is 21.1. The molecular weight excluding hydrogens is 464 g/mol. The van der Waals surface area contributed by atoms with Crippen LogP contribution in [0.4, 0.5) is 0 Å². The minimum atomic E-state index is -0.139. The van der Waals surface area contributed by atoms with E-state index in [-0.39, 0.29) is 29.7 Å². The van der Waals surface area contributed by atoms with Crippen LogP contribution in [0.3, 0.4) is 0 Å². The summed E-state index contributed by atoms with van der Waals surface area (Å²) in [6, 6.07) is 5.94. The number of carbonyl (C=O) groups is 2. The number of benzene rings is 1. The van der Waals surface area contributed by atoms with Crippen LogP contribution in [0.25, 0.3) is 6.08 Å². The molecule has 0 spiro atoms. The van der Waals surface area contributed by atoms with Crippen molar-refractivity contribution in [2.75, 3.05) is 13.7 Å². The van der Waals surface area contributed by atoms with Crippen molar-refractivity contribution in [1.82, 2.24) is 5.32 Å². The maximum absolute atomic E-state index is 13.3. The van der Waals surface area contributed by atoms with Gasteiger partial charge in [-0.05, 0) is 52.5 Å². The minimum Gasteiger partial charge on any atom is -0.496 e. The number of rotatable bonds is 5. The summed E-state index contributed by atoms with van der Waals surface area (Å²) in [6.45, 7) is 0.0452. The summed E-state index contributed by atoms with van der Waals surface area (Å²) in [5.41, 5.74) is 1.76. The van der Waals surface area contributed by atoms with Gasteiger partial charge in [0.1, 0.15) is 15.9 Å². The van der Waals surface area contributed by atoms with Crippen LogP contribution in [0.2, 0.25) is 0 Å². The average Bonchev–Trinajstić information content (AvgIpc) is 3.24. The standard InChI is InChI=1S/C23H23BrN2O3S/c1-29-19-11-10-15(12-17(19)24)13-21-23(28)26(18-8-4-5-9-20(18)30-21)14-22(27)25-16-6-2-3-7-16/h4-5,8-13,16,20H,2-3,6-7,14H2,1H3/p+1/b21-13+. The van der Waals surface area contributed by atoms with Crippen LogP contribution in [0.5, 0.6) is 5.75 Å². The zero-order chi connectivity index (χ0) is 21.1. The van der Waals surface area contributed by atoms with Gasteiger partial charge < -0.3 is 10.1 Å². The summed E-state index contributed by atoms with van der Waals surface area (Å²) in [7, 11) is 1.62. The lowest BCUT2D eigenvalue weighted by Crippen LogP contribution is -2.45. The summed E-state index contributed by atoms with van der Waals surface area (Å²) >= 11 is 5.01. The summed E-state index contributed by atoms with van der Waals surface area (Å²) in [5, 5.41) is 3.11. The van der Waals surface area contributed by atoms with E-state index >= 15 is 0 Å². The Kier molecular flexibility index (Phi) is 6.58. The molecule has 1 saturated carbocycles. The Morgan fingerprint density at radius 3 is 2.87 bits per heavy atom. The van der Waals surface area contributed by atoms with Gasteiger partial charge in [-0.1, -0.05) is 48.9 Å². The molecule has 1 aromatic rings. The van der Waals surface area contributed by atoms with Crippen molar-refractivity contribution in [2.45, 2.75) is 37.0 Å². The number of allylic oxidation sites excluding steroid dienone is 3. The number of hydrogen-bond acceptors (Lipinski definition) is 4. The first-order valence-corrected chi connectivity index (χ1v) is 11.8. The number of fused-ring (bicyclic) bond motifs is 1. The van der Waals surface area contributed by atoms with E-state index in [0.717, 1.165) is 47.2 Å². The lowest BCUT2D eigenvalue weighted by atomic mass is 10.1. The second-order valence-electron chi connectivity index (χ2n) is 7.55. The highest BCUT2D eigenvalue weighted by Crippen LogP contribution is 2.34. The van der Waals surface area contributed by atoms with E-state index in [1.807, 2.05) is 42.5 Å². The van der Waals surface area contributed by atoms with Crippen LogP contribution >= 0.6 is 27.7 Å². The second-order valence-corrected chi connectivity index (χ2v) is 9.59. The summed E-state index contributed by atoms with van der Waals surface area (Å²) in [6.07, 6.45) is 14.1. The predicted molar refractivity (Wildman–Crippen MR) is 124 cm³/mol. The van der Waals surface area contributed by atoms with E-state index in [4.69, 9.17) is 4.74 Å². The number of thioether (sulfide) groups is 1. The van der Waals surface area contributed by atoms with Crippen molar-refractivity contribution >= 4 is 51.3 Å². The van der Waals surface area contributed by atoms with Gasteiger partial charge in [-0.15, -0.1) is 4.58 Å². The number of nitrogens with zero attached hydrogens (tertiary/aromatic N) is 1. The van der Waals surface area contributed by atoms with Crippen molar-refractivity contribution in [3.8, 4) is 5.75 Å². The Morgan fingerprint density at radius 2 is 2.13 bits per heavy atom. The Labute approximate surface area is 189 Å². The lowest BCUT2D eigenvalue weighted by molar-refractivity contribution is -0.434. The molecule has 0 saturated heterocycles. The molecule has 2 aliphatic carbocycles. The smallest absolute Gasteiger partial charge is 0.426 e. The molecule has 1 unspecified atom stereocenters. The largest absolute Gasteiger partial charge is 0.496 e. The van der Waals surface area contributed by atoms with Gasteiger partial charge >= 0.3 is 5.91 Å². The van der Waals surface area contributed by atoms with E-state index in [1.54, 1.807) is 11.7 Å². The molecule has 30 heavy (non-hydrogen) atoms. The molecule has 0 radical (unpaired) electrons. The Hall–Kier alpha value is -2.12. The van der Waals surface area contributed by atoms with Gasteiger partial charge in [0.25, 0.3) is 5.91 Å². The van der Waals surface area contributed by atoms with Gasteiger partial charge in [0, 0.05) is 12.1 Å². The molecule has 1 fully saturated rings. The zero-order valence-corrected chi connectivity index (χ0v) is 19.2. The molecule has 0 bridgehead atoms. The number of amides is 2. The van der Waals surface area contributed by atoms with E-state index in [2.05, 4.69) is 27.3 Å². The molecule has 1 aromatic carbocycles. The third-order valence-corrected chi connectivity index (χ3v) is 7.29.